The number of hydrogen-bond donors (Lipinski definition) is 0. The van der Waals surface area contributed by atoms with Crippen LogP contribution in [-0.2, 0) is 0 Å². The molecular formula is C8H13N. The number of hydrogen-bond acceptors (Lipinski definition) is 1. The average Bonchev–Trinajstić information content (AvgIpc) is 1.84. The van der Waals surface area contributed by atoms with Crippen molar-refractivity contribution in [2.24, 2.45) is 5.41 Å². The highest BCUT2D eigenvalue weighted by molar-refractivity contribution is 4.89. The maximum atomic E-state index is 8.24. The van der Waals surface area contributed by atoms with Gasteiger partial charge >= 0.3 is 0 Å². The van der Waals surface area contributed by atoms with Crippen LogP contribution in [0.1, 0.15) is 26.7 Å². The molecular weight excluding hydrogens is 110 g/mol. The van der Waals surface area contributed by atoms with E-state index in [-0.39, 0.29) is 5.41 Å². The molecule has 0 aromatic carbocycles. The van der Waals surface area contributed by atoms with Crippen LogP contribution in [0.25, 0.3) is 0 Å². The standard InChI is InChI=1S/C8H13N/c1-4-8(2,3)6-5-7-9/h4H,1,5-6H2,2-3H3. The van der Waals surface area contributed by atoms with Crippen molar-refractivity contribution in [1.82, 2.24) is 0 Å². The zero-order valence-corrected chi connectivity index (χ0v) is 6.15. The van der Waals surface area contributed by atoms with E-state index in [1.807, 2.05) is 6.08 Å². The lowest BCUT2D eigenvalue weighted by atomic mass is 9.88. The molecule has 0 bridgehead atoms. The molecule has 0 radical (unpaired) electrons. The van der Waals surface area contributed by atoms with Gasteiger partial charge in [-0.3, -0.25) is 0 Å². The zero-order chi connectivity index (χ0) is 7.33. The Hall–Kier alpha value is -0.770. The summed E-state index contributed by atoms with van der Waals surface area (Å²) in [6.07, 6.45) is 3.43. The molecule has 9 heavy (non-hydrogen) atoms. The molecule has 0 atom stereocenters. The van der Waals surface area contributed by atoms with Crippen molar-refractivity contribution in [1.29, 1.82) is 5.26 Å². The first kappa shape index (κ1) is 8.23. The molecule has 0 aromatic rings. The van der Waals surface area contributed by atoms with Gasteiger partial charge in [0.05, 0.1) is 6.07 Å². The van der Waals surface area contributed by atoms with Gasteiger partial charge in [-0.2, -0.15) is 5.26 Å². The van der Waals surface area contributed by atoms with E-state index in [4.69, 9.17) is 5.26 Å². The molecule has 0 aliphatic rings. The van der Waals surface area contributed by atoms with Crippen molar-refractivity contribution in [2.45, 2.75) is 26.7 Å². The first-order chi connectivity index (χ1) is 4.12. The lowest BCUT2D eigenvalue weighted by molar-refractivity contribution is 0.446. The highest BCUT2D eigenvalue weighted by atomic mass is 14.2. The van der Waals surface area contributed by atoms with Gasteiger partial charge in [0.2, 0.25) is 0 Å². The fourth-order valence-corrected chi connectivity index (χ4v) is 0.480. The van der Waals surface area contributed by atoms with Crippen molar-refractivity contribution in [3.8, 4) is 6.07 Å². The van der Waals surface area contributed by atoms with Gasteiger partial charge in [0.15, 0.2) is 0 Å². The Labute approximate surface area is 57.0 Å². The Kier molecular flexibility index (Phi) is 3.01. The smallest absolute Gasteiger partial charge is 0.0622 e. The third-order valence-corrected chi connectivity index (χ3v) is 1.43. The van der Waals surface area contributed by atoms with Gasteiger partial charge in [-0.15, -0.1) is 6.58 Å². The van der Waals surface area contributed by atoms with Crippen LogP contribution in [0.4, 0.5) is 0 Å². The van der Waals surface area contributed by atoms with Gasteiger partial charge in [-0.25, -0.2) is 0 Å². The first-order valence-electron chi connectivity index (χ1n) is 3.13. The van der Waals surface area contributed by atoms with Crippen LogP contribution in [-0.4, -0.2) is 0 Å². The molecule has 0 N–H and O–H groups in total. The molecule has 0 rings (SSSR count). The predicted octanol–water partition coefficient (Wildman–Crippen LogP) is 2.50. The topological polar surface area (TPSA) is 23.8 Å². The van der Waals surface area contributed by atoms with Crippen molar-refractivity contribution in [3.05, 3.63) is 12.7 Å². The fourth-order valence-electron chi connectivity index (χ4n) is 0.480. The summed E-state index contributed by atoms with van der Waals surface area (Å²) >= 11 is 0. The maximum Gasteiger partial charge on any atom is 0.0622 e. The van der Waals surface area contributed by atoms with Crippen LogP contribution in [0.5, 0.6) is 0 Å². The van der Waals surface area contributed by atoms with Crippen LogP contribution in [0, 0.1) is 16.7 Å². The maximum absolute atomic E-state index is 8.24. The monoisotopic (exact) mass is 123 g/mol. The minimum Gasteiger partial charge on any atom is -0.198 e. The second kappa shape index (κ2) is 3.29. The van der Waals surface area contributed by atoms with Crippen LogP contribution in [0.3, 0.4) is 0 Å². The normalized spacial score (nSPS) is 10.3. The summed E-state index contributed by atoms with van der Waals surface area (Å²) in [5, 5.41) is 8.24. The third-order valence-electron chi connectivity index (χ3n) is 1.43. The Morgan fingerprint density at radius 1 is 1.67 bits per heavy atom. The van der Waals surface area contributed by atoms with Gasteiger partial charge in [-0.1, -0.05) is 19.9 Å². The van der Waals surface area contributed by atoms with Crippen molar-refractivity contribution < 1.29 is 0 Å². The minimum absolute atomic E-state index is 0.135. The Morgan fingerprint density at radius 2 is 2.22 bits per heavy atom. The molecule has 1 nitrogen and oxygen atoms in total. The van der Waals surface area contributed by atoms with E-state index in [1.165, 1.54) is 0 Å². The molecule has 0 spiro atoms. The van der Waals surface area contributed by atoms with Crippen LogP contribution in [0.2, 0.25) is 0 Å². The summed E-state index contributed by atoms with van der Waals surface area (Å²) in [7, 11) is 0. The molecule has 1 heteroatoms. The number of allylic oxidation sites excluding steroid dienone is 1. The van der Waals surface area contributed by atoms with Gasteiger partial charge in [0.25, 0.3) is 0 Å². The molecule has 0 aliphatic carbocycles. The summed E-state index contributed by atoms with van der Waals surface area (Å²) < 4.78 is 0. The quantitative estimate of drug-likeness (QED) is 0.529. The summed E-state index contributed by atoms with van der Waals surface area (Å²) in [6, 6.07) is 2.11. The average molecular weight is 123 g/mol. The number of nitriles is 1. The molecule has 0 aliphatic heterocycles. The lowest BCUT2D eigenvalue weighted by Gasteiger charge is -2.16. The van der Waals surface area contributed by atoms with Crippen molar-refractivity contribution in [3.63, 3.8) is 0 Å². The fraction of sp³-hybridized carbons (Fsp3) is 0.625. The molecule has 0 fully saturated rings. The molecule has 0 unspecified atom stereocenters. The van der Waals surface area contributed by atoms with E-state index in [0.29, 0.717) is 6.42 Å². The van der Waals surface area contributed by atoms with Gasteiger partial charge in [-0.05, 0) is 11.8 Å². The molecule has 0 aromatic heterocycles. The molecule has 50 valence electrons. The van der Waals surface area contributed by atoms with Gasteiger partial charge in [0.1, 0.15) is 0 Å². The zero-order valence-electron chi connectivity index (χ0n) is 6.15. The van der Waals surface area contributed by atoms with Crippen molar-refractivity contribution >= 4 is 0 Å². The Morgan fingerprint density at radius 3 is 2.56 bits per heavy atom. The van der Waals surface area contributed by atoms with Crippen molar-refractivity contribution in [2.75, 3.05) is 0 Å². The molecule has 0 saturated heterocycles. The van der Waals surface area contributed by atoms with Gasteiger partial charge in [0, 0.05) is 6.42 Å². The van der Waals surface area contributed by atoms with Crippen LogP contribution < -0.4 is 0 Å². The van der Waals surface area contributed by atoms with E-state index in [0.717, 1.165) is 6.42 Å². The highest BCUT2D eigenvalue weighted by Crippen LogP contribution is 2.22. The van der Waals surface area contributed by atoms with E-state index in [2.05, 4.69) is 26.5 Å². The molecule has 0 heterocycles. The summed E-state index contributed by atoms with van der Waals surface area (Å²) in [4.78, 5) is 0. The van der Waals surface area contributed by atoms with E-state index in [1.54, 1.807) is 0 Å². The summed E-state index contributed by atoms with van der Waals surface area (Å²) in [6.45, 7) is 7.84. The van der Waals surface area contributed by atoms with E-state index in [9.17, 15) is 0 Å². The number of nitrogens with zero attached hydrogens (tertiary/aromatic N) is 1. The van der Waals surface area contributed by atoms with Gasteiger partial charge < -0.3 is 0 Å². The third kappa shape index (κ3) is 3.78. The highest BCUT2D eigenvalue weighted by Gasteiger charge is 2.10. The summed E-state index contributed by atoms with van der Waals surface area (Å²) in [5.41, 5.74) is 0.135. The van der Waals surface area contributed by atoms with Crippen LogP contribution >= 0.6 is 0 Å². The summed E-state index contributed by atoms with van der Waals surface area (Å²) in [5.74, 6) is 0. The van der Waals surface area contributed by atoms with E-state index < -0.39 is 0 Å². The number of rotatable bonds is 3. The first-order valence-corrected chi connectivity index (χ1v) is 3.13. The second-order valence-corrected chi connectivity index (χ2v) is 2.85. The largest absolute Gasteiger partial charge is 0.198 e. The molecule has 0 amide bonds. The minimum atomic E-state index is 0.135. The lowest BCUT2D eigenvalue weighted by Crippen LogP contribution is -2.05. The molecule has 0 saturated carbocycles. The van der Waals surface area contributed by atoms with E-state index >= 15 is 0 Å². The SMILES string of the molecule is C=CC(C)(C)CCC#N. The Balaban J connectivity index is 3.61. The Bertz CT molecular complexity index is 128. The predicted molar refractivity (Wildman–Crippen MR) is 38.8 cm³/mol. The van der Waals surface area contributed by atoms with Crippen LogP contribution in [0.15, 0.2) is 12.7 Å². The second-order valence-electron chi connectivity index (χ2n) is 2.85.